The lowest BCUT2D eigenvalue weighted by Gasteiger charge is -2.14. The second kappa shape index (κ2) is 6.41. The highest BCUT2D eigenvalue weighted by Gasteiger charge is 2.22. The monoisotopic (exact) mass is 400 g/mol. The van der Waals surface area contributed by atoms with Gasteiger partial charge in [0.15, 0.2) is 5.82 Å². The molecule has 0 radical (unpaired) electrons. The van der Waals surface area contributed by atoms with Crippen molar-refractivity contribution in [3.8, 4) is 17.1 Å². The Morgan fingerprint density at radius 1 is 1.08 bits per heavy atom. The summed E-state index contributed by atoms with van der Waals surface area (Å²) in [6.07, 6.45) is 0. The molecule has 0 N–H and O–H groups in total. The van der Waals surface area contributed by atoms with Crippen LogP contribution in [0.4, 0.5) is 0 Å². The maximum absolute atomic E-state index is 5.44. The van der Waals surface area contributed by atoms with Crippen LogP contribution in [0.3, 0.4) is 0 Å². The van der Waals surface area contributed by atoms with Crippen LogP contribution in [0, 0.1) is 0 Å². The van der Waals surface area contributed by atoms with Gasteiger partial charge in [0.25, 0.3) is 0 Å². The van der Waals surface area contributed by atoms with E-state index >= 15 is 0 Å². The molecule has 0 amide bonds. The lowest BCUT2D eigenvalue weighted by Crippen LogP contribution is -2.13. The van der Waals surface area contributed by atoms with Crippen molar-refractivity contribution >= 4 is 33.4 Å². The van der Waals surface area contributed by atoms with E-state index in [4.69, 9.17) is 9.84 Å². The third kappa shape index (κ3) is 2.74. The molecule has 1 aromatic heterocycles. The van der Waals surface area contributed by atoms with Gasteiger partial charge in [-0.25, -0.2) is 0 Å². The van der Waals surface area contributed by atoms with Gasteiger partial charge >= 0.3 is 0 Å². The molecular weight excluding hydrogens is 388 g/mol. The van der Waals surface area contributed by atoms with Crippen molar-refractivity contribution in [2.24, 2.45) is 5.10 Å². The summed E-state index contributed by atoms with van der Waals surface area (Å²) >= 11 is 5.09. The Morgan fingerprint density at radius 2 is 1.88 bits per heavy atom. The van der Waals surface area contributed by atoms with E-state index < -0.39 is 0 Å². The number of fused-ring (bicyclic) bond motifs is 1. The number of halogens is 1. The summed E-state index contributed by atoms with van der Waals surface area (Å²) in [4.78, 5) is 0. The molecule has 0 saturated carbocycles. The number of rotatable bonds is 3. The SMILES string of the molecule is COc1ccccc1-c1nnc2n1N=C(c1ccc(Br)cc1)CS2. The molecule has 5 nitrogen and oxygen atoms in total. The van der Waals surface area contributed by atoms with Crippen LogP contribution in [-0.2, 0) is 0 Å². The zero-order chi connectivity index (χ0) is 16.5. The van der Waals surface area contributed by atoms with Gasteiger partial charge in [-0.15, -0.1) is 10.2 Å². The summed E-state index contributed by atoms with van der Waals surface area (Å²) < 4.78 is 8.29. The molecule has 1 aliphatic rings. The molecular formula is C17H13BrN4OS. The Bertz CT molecular complexity index is 921. The van der Waals surface area contributed by atoms with Crippen LogP contribution < -0.4 is 4.74 Å². The summed E-state index contributed by atoms with van der Waals surface area (Å²) in [6, 6.07) is 15.9. The average molecular weight is 401 g/mol. The van der Waals surface area contributed by atoms with Crippen LogP contribution in [0.5, 0.6) is 5.75 Å². The minimum absolute atomic E-state index is 0.685. The van der Waals surface area contributed by atoms with Crippen LogP contribution in [-0.4, -0.2) is 33.4 Å². The van der Waals surface area contributed by atoms with Gasteiger partial charge in [0.1, 0.15) is 5.75 Å². The molecule has 0 aliphatic carbocycles. The van der Waals surface area contributed by atoms with E-state index in [2.05, 4.69) is 38.3 Å². The fraction of sp³-hybridized carbons (Fsp3) is 0.118. The van der Waals surface area contributed by atoms with E-state index in [9.17, 15) is 0 Å². The molecule has 0 atom stereocenters. The zero-order valence-electron chi connectivity index (χ0n) is 12.8. The van der Waals surface area contributed by atoms with E-state index in [1.807, 2.05) is 36.4 Å². The fourth-order valence-electron chi connectivity index (χ4n) is 2.51. The standard InChI is InChI=1S/C17H13BrN4OS/c1-23-15-5-3-2-4-13(15)16-19-20-17-22(16)21-14(10-24-17)11-6-8-12(18)9-7-11/h2-9H,10H2,1H3. The normalized spacial score (nSPS) is 13.3. The molecule has 7 heteroatoms. The molecule has 120 valence electrons. The average Bonchev–Trinajstić information content (AvgIpc) is 3.05. The van der Waals surface area contributed by atoms with Gasteiger partial charge in [-0.3, -0.25) is 0 Å². The van der Waals surface area contributed by atoms with Crippen LogP contribution in [0.15, 0.2) is 63.3 Å². The van der Waals surface area contributed by atoms with Crippen molar-refractivity contribution in [3.05, 3.63) is 58.6 Å². The number of thioether (sulfide) groups is 1. The zero-order valence-corrected chi connectivity index (χ0v) is 15.2. The van der Waals surface area contributed by atoms with Gasteiger partial charge in [0, 0.05) is 10.2 Å². The molecule has 0 unspecified atom stereocenters. The first-order valence-corrected chi connectivity index (χ1v) is 9.09. The maximum atomic E-state index is 5.44. The van der Waals surface area contributed by atoms with Crippen LogP contribution in [0.1, 0.15) is 5.56 Å². The summed E-state index contributed by atoms with van der Waals surface area (Å²) in [5.41, 5.74) is 2.96. The molecule has 0 fully saturated rings. The van der Waals surface area contributed by atoms with E-state index in [0.29, 0.717) is 5.82 Å². The number of aromatic nitrogens is 3. The quantitative estimate of drug-likeness (QED) is 0.664. The van der Waals surface area contributed by atoms with Crippen molar-refractivity contribution in [2.45, 2.75) is 5.16 Å². The van der Waals surface area contributed by atoms with Crippen molar-refractivity contribution in [1.29, 1.82) is 0 Å². The predicted octanol–water partition coefficient (Wildman–Crippen LogP) is 4.07. The summed E-state index contributed by atoms with van der Waals surface area (Å²) in [7, 11) is 1.65. The minimum Gasteiger partial charge on any atom is -0.496 e. The van der Waals surface area contributed by atoms with Gasteiger partial charge in [0.2, 0.25) is 5.16 Å². The fourth-order valence-corrected chi connectivity index (χ4v) is 3.61. The van der Waals surface area contributed by atoms with Gasteiger partial charge < -0.3 is 4.74 Å². The number of hydrogen-bond acceptors (Lipinski definition) is 5. The first-order chi connectivity index (χ1) is 11.8. The third-order valence-electron chi connectivity index (χ3n) is 3.70. The first kappa shape index (κ1) is 15.4. The third-order valence-corrected chi connectivity index (χ3v) is 5.16. The Hall–Kier alpha value is -2.12. The topological polar surface area (TPSA) is 52.3 Å². The number of para-hydroxylation sites is 1. The Labute approximate surface area is 151 Å². The van der Waals surface area contributed by atoms with Crippen LogP contribution in [0.2, 0.25) is 0 Å². The van der Waals surface area contributed by atoms with E-state index in [1.54, 1.807) is 23.5 Å². The summed E-state index contributed by atoms with van der Waals surface area (Å²) in [5, 5.41) is 14.1. The molecule has 0 bridgehead atoms. The number of hydrogen-bond donors (Lipinski definition) is 0. The highest BCUT2D eigenvalue weighted by atomic mass is 79.9. The Balaban J connectivity index is 1.81. The van der Waals surface area contributed by atoms with Gasteiger partial charge in [0.05, 0.1) is 18.4 Å². The molecule has 2 heterocycles. The largest absolute Gasteiger partial charge is 0.496 e. The second-order valence-corrected chi connectivity index (χ2v) is 7.02. The van der Waals surface area contributed by atoms with Crippen molar-refractivity contribution < 1.29 is 4.74 Å². The molecule has 1 aliphatic heterocycles. The summed E-state index contributed by atoms with van der Waals surface area (Å²) in [6.45, 7) is 0. The van der Waals surface area contributed by atoms with E-state index in [1.165, 1.54) is 0 Å². The lowest BCUT2D eigenvalue weighted by molar-refractivity contribution is 0.416. The Morgan fingerprint density at radius 3 is 2.67 bits per heavy atom. The van der Waals surface area contributed by atoms with Crippen molar-refractivity contribution in [3.63, 3.8) is 0 Å². The maximum Gasteiger partial charge on any atom is 0.212 e. The highest BCUT2D eigenvalue weighted by Crippen LogP contribution is 2.33. The predicted molar refractivity (Wildman–Crippen MR) is 98.8 cm³/mol. The molecule has 0 spiro atoms. The number of nitrogens with zero attached hydrogens (tertiary/aromatic N) is 4. The van der Waals surface area contributed by atoms with Gasteiger partial charge in [-0.1, -0.05) is 52.0 Å². The van der Waals surface area contributed by atoms with Gasteiger partial charge in [-0.05, 0) is 29.8 Å². The summed E-state index contributed by atoms with van der Waals surface area (Å²) in [5.74, 6) is 2.21. The Kier molecular flexibility index (Phi) is 4.12. The number of benzene rings is 2. The lowest BCUT2D eigenvalue weighted by atomic mass is 10.1. The molecule has 3 aromatic rings. The highest BCUT2D eigenvalue weighted by molar-refractivity contribution is 9.10. The van der Waals surface area contributed by atoms with Crippen molar-refractivity contribution in [1.82, 2.24) is 14.9 Å². The van der Waals surface area contributed by atoms with E-state index in [0.717, 1.165) is 38.0 Å². The molecule has 0 saturated heterocycles. The van der Waals surface area contributed by atoms with Crippen molar-refractivity contribution in [2.75, 3.05) is 12.9 Å². The first-order valence-electron chi connectivity index (χ1n) is 7.31. The molecule has 2 aromatic carbocycles. The van der Waals surface area contributed by atoms with E-state index in [-0.39, 0.29) is 0 Å². The van der Waals surface area contributed by atoms with Crippen LogP contribution in [0.25, 0.3) is 11.4 Å². The number of methoxy groups -OCH3 is 1. The minimum atomic E-state index is 0.685. The van der Waals surface area contributed by atoms with Gasteiger partial charge in [-0.2, -0.15) is 9.78 Å². The van der Waals surface area contributed by atoms with Crippen LogP contribution >= 0.6 is 27.7 Å². The second-order valence-electron chi connectivity index (χ2n) is 5.16. The molecule has 24 heavy (non-hydrogen) atoms. The smallest absolute Gasteiger partial charge is 0.212 e. The molecule has 4 rings (SSSR count). The number of ether oxygens (including phenoxy) is 1.